The fourth-order valence-electron chi connectivity index (χ4n) is 1.67. The number of carbonyl (C=O) groups is 2. The summed E-state index contributed by atoms with van der Waals surface area (Å²) in [4.78, 5) is 23.4. The molecule has 0 aliphatic heterocycles. The van der Waals surface area contributed by atoms with Gasteiger partial charge in [-0.2, -0.15) is 16.8 Å². The summed E-state index contributed by atoms with van der Waals surface area (Å²) in [5.41, 5.74) is 0. The number of Topliss-reactive ketones (excluding diaryl/α,β-unsaturated/α-hetero) is 2. The maximum Gasteiger partial charge on any atom is 0.270 e. The summed E-state index contributed by atoms with van der Waals surface area (Å²) >= 11 is 0. The zero-order valence-corrected chi connectivity index (χ0v) is 16.0. The maximum absolute atomic E-state index is 11.7. The predicted molar refractivity (Wildman–Crippen MR) is 89.0 cm³/mol. The molecule has 0 saturated carbocycles. The molecule has 0 aliphatic carbocycles. The van der Waals surface area contributed by atoms with Crippen molar-refractivity contribution < 1.29 is 35.5 Å². The Morgan fingerprint density at radius 1 is 0.667 bits per heavy atom. The Hall–Kier alpha value is -0.840. The lowest BCUT2D eigenvalue weighted by Gasteiger charge is -2.20. The maximum atomic E-state index is 11.7. The van der Waals surface area contributed by atoms with Crippen molar-refractivity contribution >= 4 is 31.8 Å². The minimum atomic E-state index is -4.27. The molecule has 0 heterocycles. The van der Waals surface area contributed by atoms with Crippen LogP contribution in [-0.4, -0.2) is 47.0 Å². The molecule has 0 aromatic rings. The molecule has 0 aliphatic rings. The average molecular weight is 386 g/mol. The molecular weight excluding hydrogens is 360 g/mol. The smallest absolute Gasteiger partial charge is 0.270 e. The number of rotatable bonds is 11. The number of hydrogen-bond donors (Lipinski definition) is 2. The highest BCUT2D eigenvalue weighted by Gasteiger charge is 2.34. The van der Waals surface area contributed by atoms with Crippen LogP contribution in [0, 0.1) is 0 Å². The Kier molecular flexibility index (Phi) is 7.75. The number of hydrogen-bond acceptors (Lipinski definition) is 6. The molecule has 0 radical (unpaired) electrons. The Bertz CT molecular complexity index is 612. The van der Waals surface area contributed by atoms with E-state index in [-0.39, 0.29) is 50.1 Å². The van der Waals surface area contributed by atoms with Crippen LogP contribution in [-0.2, 0) is 29.8 Å². The minimum Gasteiger partial charge on any atom is -0.300 e. The van der Waals surface area contributed by atoms with E-state index >= 15 is 0 Å². The van der Waals surface area contributed by atoms with Gasteiger partial charge in [0.2, 0.25) is 0 Å². The fraction of sp³-hybridized carbons (Fsp3) is 0.857. The summed E-state index contributed by atoms with van der Waals surface area (Å²) in [6.07, 6.45) is -0.449. The van der Waals surface area contributed by atoms with E-state index in [9.17, 15) is 26.4 Å². The van der Waals surface area contributed by atoms with Gasteiger partial charge >= 0.3 is 0 Å². The largest absolute Gasteiger partial charge is 0.300 e. The van der Waals surface area contributed by atoms with Gasteiger partial charge < -0.3 is 0 Å². The van der Waals surface area contributed by atoms with Gasteiger partial charge in [0, 0.05) is 25.7 Å². The predicted octanol–water partition coefficient (Wildman–Crippen LogP) is 1.80. The molecule has 0 rings (SSSR count). The second-order valence-electron chi connectivity index (χ2n) is 7.05. The van der Waals surface area contributed by atoms with E-state index in [4.69, 9.17) is 9.11 Å². The molecule has 0 aromatic heterocycles. The van der Waals surface area contributed by atoms with E-state index in [1.54, 1.807) is 0 Å². The van der Waals surface area contributed by atoms with Gasteiger partial charge in [-0.1, -0.05) is 0 Å². The van der Waals surface area contributed by atoms with Crippen molar-refractivity contribution in [3.8, 4) is 0 Å². The number of ketones is 2. The van der Waals surface area contributed by atoms with Gasteiger partial charge in [-0.25, -0.2) is 0 Å². The zero-order chi connectivity index (χ0) is 19.4. The summed E-state index contributed by atoms with van der Waals surface area (Å²) < 4.78 is 59.6. The third-order valence-electron chi connectivity index (χ3n) is 4.09. The first kappa shape index (κ1) is 23.2. The van der Waals surface area contributed by atoms with Crippen LogP contribution in [0.3, 0.4) is 0 Å². The zero-order valence-electron chi connectivity index (χ0n) is 14.4. The van der Waals surface area contributed by atoms with E-state index in [2.05, 4.69) is 0 Å². The summed E-state index contributed by atoms with van der Waals surface area (Å²) in [5.74, 6) is -0.622. The molecule has 0 fully saturated rings. The molecule has 0 bridgehead atoms. The monoisotopic (exact) mass is 386 g/mol. The quantitative estimate of drug-likeness (QED) is 0.512. The lowest BCUT2D eigenvalue weighted by atomic mass is 9.99. The molecule has 2 N–H and O–H groups in total. The molecule has 0 atom stereocenters. The molecule has 0 aromatic carbocycles. The Morgan fingerprint density at radius 2 is 0.917 bits per heavy atom. The molecule has 24 heavy (non-hydrogen) atoms. The highest BCUT2D eigenvalue weighted by molar-refractivity contribution is 7.87. The molecule has 0 spiro atoms. The van der Waals surface area contributed by atoms with E-state index in [1.165, 1.54) is 27.7 Å². The molecule has 0 unspecified atom stereocenters. The van der Waals surface area contributed by atoms with E-state index in [0.29, 0.717) is 0 Å². The van der Waals surface area contributed by atoms with Gasteiger partial charge in [-0.15, -0.1) is 0 Å². The van der Waals surface area contributed by atoms with Gasteiger partial charge in [0.15, 0.2) is 0 Å². The second kappa shape index (κ2) is 8.03. The average Bonchev–Trinajstić information content (AvgIpc) is 2.38. The molecule has 0 saturated heterocycles. The third-order valence-corrected chi connectivity index (χ3v) is 7.29. The first-order valence-electron chi connectivity index (χ1n) is 7.47. The van der Waals surface area contributed by atoms with Crippen molar-refractivity contribution in [3.63, 3.8) is 0 Å². The van der Waals surface area contributed by atoms with Crippen molar-refractivity contribution in [1.29, 1.82) is 0 Å². The SMILES string of the molecule is CC(C)(CCC(=O)CCC(=O)CCC(C)(C)S(=O)(=O)O)S(=O)(=O)O. The summed E-state index contributed by atoms with van der Waals surface area (Å²) in [7, 11) is -8.54. The van der Waals surface area contributed by atoms with Crippen molar-refractivity contribution in [1.82, 2.24) is 0 Å². The van der Waals surface area contributed by atoms with Crippen LogP contribution < -0.4 is 0 Å². The van der Waals surface area contributed by atoms with Crippen LogP contribution in [0.1, 0.15) is 66.2 Å². The fourth-order valence-corrected chi connectivity index (χ4v) is 2.39. The van der Waals surface area contributed by atoms with Crippen molar-refractivity contribution in [2.75, 3.05) is 0 Å². The standard InChI is InChI=1S/C14H26O8S2/c1-13(2,23(17,18)19)9-7-11(15)5-6-12(16)8-10-14(3,4)24(20,21)22/h5-10H2,1-4H3,(H,17,18,19)(H,20,21,22). The van der Waals surface area contributed by atoms with E-state index < -0.39 is 29.7 Å². The van der Waals surface area contributed by atoms with Gasteiger partial charge in [-0.3, -0.25) is 18.7 Å². The van der Waals surface area contributed by atoms with Gasteiger partial charge in [-0.05, 0) is 40.5 Å². The van der Waals surface area contributed by atoms with Crippen LogP contribution >= 0.6 is 0 Å². The molecule has 0 amide bonds. The highest BCUT2D eigenvalue weighted by Crippen LogP contribution is 2.23. The van der Waals surface area contributed by atoms with Gasteiger partial charge in [0.25, 0.3) is 20.2 Å². The lowest BCUT2D eigenvalue weighted by molar-refractivity contribution is -0.124. The first-order chi connectivity index (χ1) is 10.5. The molecular formula is C14H26O8S2. The normalized spacial score (nSPS) is 13.8. The van der Waals surface area contributed by atoms with E-state index in [0.717, 1.165) is 0 Å². The number of carbonyl (C=O) groups excluding carboxylic acids is 2. The molecule has 8 nitrogen and oxygen atoms in total. The minimum absolute atomic E-state index is 0.0609. The van der Waals surface area contributed by atoms with Gasteiger partial charge in [0.1, 0.15) is 11.6 Å². The summed E-state index contributed by atoms with van der Waals surface area (Å²) in [6, 6.07) is 0. The van der Waals surface area contributed by atoms with Crippen molar-refractivity contribution in [2.24, 2.45) is 0 Å². The Balaban J connectivity index is 4.32. The van der Waals surface area contributed by atoms with Crippen LogP contribution in [0.2, 0.25) is 0 Å². The van der Waals surface area contributed by atoms with Crippen LogP contribution in [0.5, 0.6) is 0 Å². The first-order valence-corrected chi connectivity index (χ1v) is 10.3. The van der Waals surface area contributed by atoms with Crippen molar-refractivity contribution in [3.05, 3.63) is 0 Å². The Labute approximate surface area is 143 Å². The lowest BCUT2D eigenvalue weighted by Crippen LogP contribution is -2.32. The van der Waals surface area contributed by atoms with Crippen LogP contribution in [0.15, 0.2) is 0 Å². The molecule has 142 valence electrons. The van der Waals surface area contributed by atoms with E-state index in [1.807, 2.05) is 0 Å². The van der Waals surface area contributed by atoms with Crippen LogP contribution in [0.4, 0.5) is 0 Å². The Morgan fingerprint density at radius 3 is 1.12 bits per heavy atom. The molecule has 10 heteroatoms. The van der Waals surface area contributed by atoms with Crippen LogP contribution in [0.25, 0.3) is 0 Å². The summed E-state index contributed by atoms with van der Waals surface area (Å²) in [6.45, 7) is 5.21. The third kappa shape index (κ3) is 7.37. The van der Waals surface area contributed by atoms with Crippen molar-refractivity contribution in [2.45, 2.75) is 75.7 Å². The van der Waals surface area contributed by atoms with Gasteiger partial charge in [0.05, 0.1) is 9.49 Å². The summed E-state index contributed by atoms with van der Waals surface area (Å²) in [5, 5.41) is 0. The second-order valence-corrected chi connectivity index (χ2v) is 11.2. The highest BCUT2D eigenvalue weighted by atomic mass is 32.2. The topological polar surface area (TPSA) is 143 Å².